The Hall–Kier alpha value is -3.46. The zero-order valence-corrected chi connectivity index (χ0v) is 15.7. The maximum absolute atomic E-state index is 12.0. The Morgan fingerprint density at radius 2 is 2.07 bits per heavy atom. The highest BCUT2D eigenvalue weighted by Crippen LogP contribution is 2.48. The van der Waals surface area contributed by atoms with Crippen molar-refractivity contribution in [2.75, 3.05) is 0 Å². The monoisotopic (exact) mass is 372 g/mol. The van der Waals surface area contributed by atoms with Crippen LogP contribution in [-0.2, 0) is 6.42 Å². The Labute approximate surface area is 162 Å². The molecule has 2 N–H and O–H groups in total. The van der Waals surface area contributed by atoms with Gasteiger partial charge in [0.2, 0.25) is 0 Å². The summed E-state index contributed by atoms with van der Waals surface area (Å²) in [5.41, 5.74) is 3.94. The Morgan fingerprint density at radius 1 is 1.21 bits per heavy atom. The van der Waals surface area contributed by atoms with Gasteiger partial charge in [-0.15, -0.1) is 5.10 Å². The van der Waals surface area contributed by atoms with E-state index in [1.54, 1.807) is 0 Å². The van der Waals surface area contributed by atoms with E-state index in [1.165, 1.54) is 11.8 Å². The normalized spacial score (nSPS) is 17.6. The van der Waals surface area contributed by atoms with E-state index in [0.717, 1.165) is 29.7 Å². The van der Waals surface area contributed by atoms with Gasteiger partial charge >= 0.3 is 5.69 Å². The van der Waals surface area contributed by atoms with Crippen LogP contribution in [0.4, 0.5) is 0 Å². The molecule has 3 aromatic rings. The molecule has 0 aliphatic heterocycles. The van der Waals surface area contributed by atoms with Crippen molar-refractivity contribution in [2.24, 2.45) is 5.92 Å². The van der Waals surface area contributed by atoms with Crippen molar-refractivity contribution >= 4 is 0 Å². The van der Waals surface area contributed by atoms with Crippen molar-refractivity contribution < 1.29 is 0 Å². The summed E-state index contributed by atoms with van der Waals surface area (Å²) in [5.74, 6) is 7.21. The average Bonchev–Trinajstić information content (AvgIpc) is 3.47. The number of benzene rings is 1. The van der Waals surface area contributed by atoms with Gasteiger partial charge in [0.05, 0.1) is 11.3 Å². The molecule has 1 aromatic carbocycles. The van der Waals surface area contributed by atoms with Gasteiger partial charge in [-0.1, -0.05) is 30.9 Å². The van der Waals surface area contributed by atoms with E-state index >= 15 is 0 Å². The van der Waals surface area contributed by atoms with Crippen LogP contribution in [0.1, 0.15) is 41.6 Å². The zero-order valence-electron chi connectivity index (χ0n) is 15.7. The SMILES string of the molecule is CCc1cccc(C#C[C@H]2C[C@@H]2c2cc(-c3c[nH]c(=O)[nH]c3=O)nnc2C)c1. The second-order valence-corrected chi connectivity index (χ2v) is 7.03. The largest absolute Gasteiger partial charge is 0.325 e. The summed E-state index contributed by atoms with van der Waals surface area (Å²) >= 11 is 0. The zero-order chi connectivity index (χ0) is 19.7. The van der Waals surface area contributed by atoms with E-state index in [9.17, 15) is 9.59 Å². The Bertz CT molecular complexity index is 1210. The Balaban J connectivity index is 1.59. The molecule has 6 heteroatoms. The fourth-order valence-corrected chi connectivity index (χ4v) is 3.32. The van der Waals surface area contributed by atoms with Crippen molar-refractivity contribution in [3.05, 3.63) is 79.8 Å². The molecule has 0 radical (unpaired) electrons. The first-order valence-electron chi connectivity index (χ1n) is 9.32. The summed E-state index contributed by atoms with van der Waals surface area (Å²) < 4.78 is 0. The minimum atomic E-state index is -0.543. The summed E-state index contributed by atoms with van der Waals surface area (Å²) in [6.07, 6.45) is 3.33. The lowest BCUT2D eigenvalue weighted by atomic mass is 10.1. The van der Waals surface area contributed by atoms with Crippen LogP contribution in [0.15, 0.2) is 46.1 Å². The topological polar surface area (TPSA) is 91.5 Å². The fraction of sp³-hybridized carbons (Fsp3) is 0.273. The van der Waals surface area contributed by atoms with E-state index in [2.05, 4.69) is 51.1 Å². The molecule has 1 saturated carbocycles. The van der Waals surface area contributed by atoms with Gasteiger partial charge in [-0.25, -0.2) is 4.79 Å². The molecule has 2 atom stereocenters. The predicted octanol–water partition coefficient (Wildman–Crippen LogP) is 2.55. The molecular formula is C22H20N4O2. The van der Waals surface area contributed by atoms with E-state index in [-0.39, 0.29) is 11.8 Å². The van der Waals surface area contributed by atoms with Gasteiger partial charge < -0.3 is 4.98 Å². The van der Waals surface area contributed by atoms with Crippen LogP contribution in [0.3, 0.4) is 0 Å². The molecule has 2 aromatic heterocycles. The molecular weight excluding hydrogens is 352 g/mol. The highest BCUT2D eigenvalue weighted by molar-refractivity contribution is 5.58. The maximum atomic E-state index is 12.0. The minimum absolute atomic E-state index is 0.273. The summed E-state index contributed by atoms with van der Waals surface area (Å²) in [7, 11) is 0. The quantitative estimate of drug-likeness (QED) is 0.691. The van der Waals surface area contributed by atoms with Crippen LogP contribution in [0.25, 0.3) is 11.3 Å². The lowest BCUT2D eigenvalue weighted by molar-refractivity contribution is 0.912. The number of nitrogens with one attached hydrogen (secondary N) is 2. The van der Waals surface area contributed by atoms with E-state index in [0.29, 0.717) is 11.3 Å². The second-order valence-electron chi connectivity index (χ2n) is 7.03. The van der Waals surface area contributed by atoms with Crippen molar-refractivity contribution in [3.8, 4) is 23.1 Å². The number of aromatic nitrogens is 4. The number of aryl methyl sites for hydroxylation is 2. The third-order valence-electron chi connectivity index (χ3n) is 5.04. The molecule has 0 amide bonds. The van der Waals surface area contributed by atoms with Gasteiger partial charge in [0.15, 0.2) is 0 Å². The molecule has 2 heterocycles. The minimum Gasteiger partial charge on any atom is -0.313 e. The van der Waals surface area contributed by atoms with Gasteiger partial charge in [0.25, 0.3) is 5.56 Å². The lowest BCUT2D eigenvalue weighted by Crippen LogP contribution is -2.23. The van der Waals surface area contributed by atoms with E-state index in [1.807, 2.05) is 25.1 Å². The van der Waals surface area contributed by atoms with Gasteiger partial charge in [-0.05, 0) is 49.1 Å². The van der Waals surface area contributed by atoms with E-state index < -0.39 is 11.2 Å². The standard InChI is InChI=1S/C22H20N4O2/c1-3-14-5-4-6-15(9-14)7-8-16-10-18(16)17-11-20(26-25-13(17)2)19-12-23-22(28)24-21(19)27/h4-6,9,11-12,16,18H,3,10H2,1-2H3,(H2,23,24,27,28)/t16-,18-/m0/s1. The maximum Gasteiger partial charge on any atom is 0.325 e. The first-order valence-corrected chi connectivity index (χ1v) is 9.32. The molecule has 0 unspecified atom stereocenters. The van der Waals surface area contributed by atoms with Crippen molar-refractivity contribution in [2.45, 2.75) is 32.6 Å². The number of hydrogen-bond acceptors (Lipinski definition) is 4. The summed E-state index contributed by atoms with van der Waals surface area (Å²) in [6.45, 7) is 4.05. The fourth-order valence-electron chi connectivity index (χ4n) is 3.32. The van der Waals surface area contributed by atoms with Crippen LogP contribution in [0.5, 0.6) is 0 Å². The molecule has 1 aliphatic rings. The van der Waals surface area contributed by atoms with E-state index in [4.69, 9.17) is 0 Å². The highest BCUT2D eigenvalue weighted by Gasteiger charge is 2.38. The lowest BCUT2D eigenvalue weighted by Gasteiger charge is -2.05. The van der Waals surface area contributed by atoms with Crippen LogP contribution in [-0.4, -0.2) is 20.2 Å². The van der Waals surface area contributed by atoms with Gasteiger partial charge in [-0.2, -0.15) is 5.10 Å². The molecule has 0 spiro atoms. The first-order chi connectivity index (χ1) is 13.5. The number of nitrogens with zero attached hydrogens (tertiary/aromatic N) is 2. The van der Waals surface area contributed by atoms with Gasteiger partial charge in [0.1, 0.15) is 5.69 Å². The van der Waals surface area contributed by atoms with Crippen LogP contribution in [0, 0.1) is 24.7 Å². The predicted molar refractivity (Wildman–Crippen MR) is 107 cm³/mol. The molecule has 0 saturated heterocycles. The van der Waals surface area contributed by atoms with Gasteiger partial charge in [-0.3, -0.25) is 9.78 Å². The molecule has 140 valence electrons. The molecule has 4 rings (SSSR count). The molecule has 1 aliphatic carbocycles. The molecule has 6 nitrogen and oxygen atoms in total. The van der Waals surface area contributed by atoms with Crippen LogP contribution < -0.4 is 11.2 Å². The Kier molecular flexibility index (Phi) is 4.66. The van der Waals surface area contributed by atoms with Gasteiger partial charge in [0, 0.05) is 23.6 Å². The number of aromatic amines is 2. The third-order valence-corrected chi connectivity index (χ3v) is 5.04. The van der Waals surface area contributed by atoms with Crippen molar-refractivity contribution in [1.29, 1.82) is 0 Å². The van der Waals surface area contributed by atoms with Crippen molar-refractivity contribution in [1.82, 2.24) is 20.2 Å². The smallest absolute Gasteiger partial charge is 0.313 e. The summed E-state index contributed by atoms with van der Waals surface area (Å²) in [4.78, 5) is 27.9. The number of hydrogen-bond donors (Lipinski definition) is 2. The Morgan fingerprint density at radius 3 is 2.86 bits per heavy atom. The molecule has 28 heavy (non-hydrogen) atoms. The second kappa shape index (κ2) is 7.28. The number of H-pyrrole nitrogens is 2. The third kappa shape index (κ3) is 3.65. The first kappa shape index (κ1) is 17.9. The molecule has 1 fully saturated rings. The summed E-state index contributed by atoms with van der Waals surface area (Å²) in [5, 5.41) is 8.33. The number of rotatable bonds is 3. The van der Waals surface area contributed by atoms with Crippen molar-refractivity contribution in [3.63, 3.8) is 0 Å². The van der Waals surface area contributed by atoms with Crippen LogP contribution >= 0.6 is 0 Å². The molecule has 0 bridgehead atoms. The summed E-state index contributed by atoms with van der Waals surface area (Å²) in [6, 6.07) is 10.2. The average molecular weight is 372 g/mol. The van der Waals surface area contributed by atoms with Crippen LogP contribution in [0.2, 0.25) is 0 Å². The highest BCUT2D eigenvalue weighted by atomic mass is 16.2.